The number of ether oxygens (including phenoxy) is 2. The minimum atomic E-state index is -4.09. The van der Waals surface area contributed by atoms with E-state index >= 15 is 0 Å². The summed E-state index contributed by atoms with van der Waals surface area (Å²) in [6.45, 7) is 3.11. The number of sulfonamides is 1. The first-order chi connectivity index (χ1) is 15.8. The van der Waals surface area contributed by atoms with Gasteiger partial charge in [0.25, 0.3) is 10.0 Å². The molecule has 0 radical (unpaired) electrons. The highest BCUT2D eigenvalue weighted by molar-refractivity contribution is 7.92. The second-order valence-corrected chi connectivity index (χ2v) is 8.94. The van der Waals surface area contributed by atoms with Crippen molar-refractivity contribution in [2.75, 3.05) is 56.6 Å². The number of piperazine rings is 1. The summed E-state index contributed by atoms with van der Waals surface area (Å²) in [6.07, 6.45) is 1.63. The summed E-state index contributed by atoms with van der Waals surface area (Å²) in [4.78, 5) is 19.7. The molecule has 1 fully saturated rings. The topological polar surface area (TPSA) is 145 Å². The monoisotopic (exact) mass is 475 g/mol. The van der Waals surface area contributed by atoms with Crippen LogP contribution in [0.15, 0.2) is 35.4 Å². The van der Waals surface area contributed by atoms with Gasteiger partial charge in [0, 0.05) is 51.4 Å². The summed E-state index contributed by atoms with van der Waals surface area (Å²) in [7, 11) is -1.25. The minimum Gasteiger partial charge on any atom is -0.493 e. The van der Waals surface area contributed by atoms with Crippen LogP contribution in [-0.4, -0.2) is 76.3 Å². The number of hydrogen-bond acceptors (Lipinski definition) is 9. The predicted octanol–water partition coefficient (Wildman–Crippen LogP) is 1.63. The molecule has 1 saturated heterocycles. The summed E-state index contributed by atoms with van der Waals surface area (Å²) in [5.74, 6) is -0.265. The molecule has 2 aromatic rings. The number of carboxylic acid groups (broad SMARTS) is 1. The summed E-state index contributed by atoms with van der Waals surface area (Å²) in [6, 6.07) is 7.54. The van der Waals surface area contributed by atoms with Gasteiger partial charge in [0.15, 0.2) is 17.3 Å². The Bertz CT molecular complexity index is 1160. The first-order valence-corrected chi connectivity index (χ1v) is 11.6. The second kappa shape index (κ2) is 10.4. The molecule has 1 aromatic heterocycles. The van der Waals surface area contributed by atoms with Gasteiger partial charge >= 0.3 is 5.97 Å². The highest BCUT2D eigenvalue weighted by atomic mass is 32.2. The van der Waals surface area contributed by atoms with Gasteiger partial charge < -0.3 is 19.5 Å². The van der Waals surface area contributed by atoms with Crippen molar-refractivity contribution in [1.29, 1.82) is 5.26 Å². The van der Waals surface area contributed by atoms with Gasteiger partial charge in [-0.1, -0.05) is 0 Å². The first-order valence-electron chi connectivity index (χ1n) is 10.1. The normalized spacial score (nSPS) is 14.4. The van der Waals surface area contributed by atoms with Crippen LogP contribution in [0.25, 0.3) is 0 Å². The van der Waals surface area contributed by atoms with Crippen molar-refractivity contribution < 1.29 is 27.8 Å². The van der Waals surface area contributed by atoms with Gasteiger partial charge in [0.05, 0.1) is 36.4 Å². The zero-order valence-corrected chi connectivity index (χ0v) is 19.1. The average Bonchev–Trinajstić information content (AvgIpc) is 2.82. The lowest BCUT2D eigenvalue weighted by Gasteiger charge is -2.35. The van der Waals surface area contributed by atoms with Crippen LogP contribution in [0.5, 0.6) is 11.5 Å². The Morgan fingerprint density at radius 3 is 2.48 bits per heavy atom. The zero-order valence-electron chi connectivity index (χ0n) is 18.3. The number of benzene rings is 1. The van der Waals surface area contributed by atoms with Gasteiger partial charge in [-0.3, -0.25) is 9.62 Å². The molecule has 3 rings (SSSR count). The Morgan fingerprint density at radius 2 is 1.88 bits per heavy atom. The number of methoxy groups -OCH3 is 2. The van der Waals surface area contributed by atoms with Crippen molar-refractivity contribution in [2.45, 2.75) is 11.3 Å². The SMILES string of the molecule is COc1ccc(S(=O)(=O)Nc2cc(C(=O)O)cnc2N2CCN(CCC#N)CC2)cc1OC. The van der Waals surface area contributed by atoms with Crippen molar-refractivity contribution in [3.8, 4) is 17.6 Å². The lowest BCUT2D eigenvalue weighted by molar-refractivity contribution is 0.0696. The zero-order chi connectivity index (χ0) is 24.0. The van der Waals surface area contributed by atoms with E-state index in [1.54, 1.807) is 0 Å². The smallest absolute Gasteiger partial charge is 0.337 e. The molecule has 11 nitrogen and oxygen atoms in total. The maximum Gasteiger partial charge on any atom is 0.337 e. The third kappa shape index (κ3) is 5.63. The van der Waals surface area contributed by atoms with Gasteiger partial charge in [-0.2, -0.15) is 5.26 Å². The molecule has 33 heavy (non-hydrogen) atoms. The van der Waals surface area contributed by atoms with E-state index in [4.69, 9.17) is 14.7 Å². The Labute approximate surface area is 192 Å². The number of anilines is 2. The molecule has 0 amide bonds. The van der Waals surface area contributed by atoms with Crippen molar-refractivity contribution >= 4 is 27.5 Å². The number of pyridine rings is 1. The number of rotatable bonds is 9. The van der Waals surface area contributed by atoms with Crippen LogP contribution in [0.3, 0.4) is 0 Å². The van der Waals surface area contributed by atoms with Crippen LogP contribution in [0.1, 0.15) is 16.8 Å². The maximum absolute atomic E-state index is 13.1. The number of carbonyl (C=O) groups is 1. The van der Waals surface area contributed by atoms with E-state index in [1.165, 1.54) is 44.7 Å². The van der Waals surface area contributed by atoms with Gasteiger partial charge in [-0.25, -0.2) is 18.2 Å². The number of nitrogens with one attached hydrogen (secondary N) is 1. The highest BCUT2D eigenvalue weighted by Gasteiger charge is 2.25. The minimum absolute atomic E-state index is 0.0650. The Balaban J connectivity index is 1.91. The third-order valence-electron chi connectivity index (χ3n) is 5.23. The fraction of sp³-hybridized carbons (Fsp3) is 0.381. The molecular weight excluding hydrogens is 450 g/mol. The molecule has 1 aliphatic heterocycles. The fourth-order valence-electron chi connectivity index (χ4n) is 3.48. The third-order valence-corrected chi connectivity index (χ3v) is 6.60. The van der Waals surface area contributed by atoms with Crippen LogP contribution in [0.4, 0.5) is 11.5 Å². The Morgan fingerprint density at radius 1 is 1.18 bits per heavy atom. The highest BCUT2D eigenvalue weighted by Crippen LogP contribution is 2.32. The van der Waals surface area contributed by atoms with Crippen molar-refractivity contribution in [3.05, 3.63) is 36.0 Å². The molecule has 0 atom stereocenters. The van der Waals surface area contributed by atoms with Crippen molar-refractivity contribution in [3.63, 3.8) is 0 Å². The van der Waals surface area contributed by atoms with E-state index in [0.29, 0.717) is 50.7 Å². The summed E-state index contributed by atoms with van der Waals surface area (Å²) in [5.41, 5.74) is -0.0772. The molecule has 0 aliphatic carbocycles. The number of aromatic carboxylic acids is 1. The van der Waals surface area contributed by atoms with E-state index < -0.39 is 16.0 Å². The van der Waals surface area contributed by atoms with Gasteiger partial charge in [-0.15, -0.1) is 0 Å². The summed E-state index contributed by atoms with van der Waals surface area (Å²) >= 11 is 0. The largest absolute Gasteiger partial charge is 0.493 e. The van der Waals surface area contributed by atoms with Crippen LogP contribution in [0, 0.1) is 11.3 Å². The molecule has 0 spiro atoms. The first kappa shape index (κ1) is 24.1. The van der Waals surface area contributed by atoms with Crippen LogP contribution in [-0.2, 0) is 10.0 Å². The molecular formula is C21H25N5O6S. The quantitative estimate of drug-likeness (QED) is 0.549. The molecule has 176 valence electrons. The number of nitrogens with zero attached hydrogens (tertiary/aromatic N) is 4. The van der Waals surface area contributed by atoms with Crippen LogP contribution < -0.4 is 19.1 Å². The average molecular weight is 476 g/mol. The van der Waals surface area contributed by atoms with Crippen molar-refractivity contribution in [1.82, 2.24) is 9.88 Å². The van der Waals surface area contributed by atoms with E-state index in [2.05, 4.69) is 20.7 Å². The van der Waals surface area contributed by atoms with E-state index in [9.17, 15) is 18.3 Å². The molecule has 2 heterocycles. The number of nitriles is 1. The lowest BCUT2D eigenvalue weighted by atomic mass is 10.2. The van der Waals surface area contributed by atoms with E-state index in [0.717, 1.165) is 0 Å². The standard InChI is InChI=1S/C21H25N5O6S/c1-31-18-5-4-16(13-19(18)32-2)33(29,30)24-17-12-15(21(27)28)14-23-20(17)26-10-8-25(9-11-26)7-3-6-22/h4-5,12-14,24H,3,7-11H2,1-2H3,(H,27,28). The Hall–Kier alpha value is -3.56. The van der Waals surface area contributed by atoms with Gasteiger partial charge in [0.2, 0.25) is 0 Å². The second-order valence-electron chi connectivity index (χ2n) is 7.26. The molecule has 0 saturated carbocycles. The van der Waals surface area contributed by atoms with E-state index in [-0.39, 0.29) is 21.9 Å². The van der Waals surface area contributed by atoms with E-state index in [1.807, 2.05) is 4.90 Å². The van der Waals surface area contributed by atoms with Gasteiger partial charge in [0.1, 0.15) is 0 Å². The van der Waals surface area contributed by atoms with Crippen LogP contribution >= 0.6 is 0 Å². The molecule has 12 heteroatoms. The Kier molecular flexibility index (Phi) is 7.57. The lowest BCUT2D eigenvalue weighted by Crippen LogP contribution is -2.47. The maximum atomic E-state index is 13.1. The molecule has 1 aromatic carbocycles. The number of carboxylic acids is 1. The summed E-state index contributed by atoms with van der Waals surface area (Å²) in [5, 5.41) is 18.1. The van der Waals surface area contributed by atoms with Gasteiger partial charge in [-0.05, 0) is 18.2 Å². The molecule has 0 bridgehead atoms. The number of aromatic nitrogens is 1. The molecule has 0 unspecified atom stereocenters. The molecule has 2 N–H and O–H groups in total. The van der Waals surface area contributed by atoms with Crippen molar-refractivity contribution in [2.24, 2.45) is 0 Å². The fourth-order valence-corrected chi connectivity index (χ4v) is 4.55. The molecule has 1 aliphatic rings. The number of hydrogen-bond donors (Lipinski definition) is 2. The van der Waals surface area contributed by atoms with Crippen LogP contribution in [0.2, 0.25) is 0 Å². The predicted molar refractivity (Wildman–Crippen MR) is 120 cm³/mol. The summed E-state index contributed by atoms with van der Waals surface area (Å²) < 4.78 is 39.1.